The smallest absolute Gasteiger partial charge is 0.242 e. The van der Waals surface area contributed by atoms with Gasteiger partial charge in [-0.15, -0.1) is 0 Å². The average Bonchev–Trinajstić information content (AvgIpc) is 2.80. The Labute approximate surface area is 206 Å². The molecule has 0 aliphatic rings. The Bertz CT molecular complexity index is 1060. The van der Waals surface area contributed by atoms with Crippen molar-refractivity contribution in [2.75, 3.05) is 30.8 Å². The highest BCUT2D eigenvalue weighted by Crippen LogP contribution is 2.22. The van der Waals surface area contributed by atoms with Crippen LogP contribution in [0.5, 0.6) is 5.75 Å². The number of hydrogen-bond acceptors (Lipinski definition) is 5. The monoisotopic (exact) mass is 509 g/mol. The van der Waals surface area contributed by atoms with Gasteiger partial charge in [-0.1, -0.05) is 23.7 Å². The fourth-order valence-electron chi connectivity index (χ4n) is 3.44. The number of carbonyl (C=O) groups is 2. The predicted molar refractivity (Wildman–Crippen MR) is 135 cm³/mol. The van der Waals surface area contributed by atoms with Crippen LogP contribution in [0.4, 0.5) is 5.69 Å². The second-order valence-corrected chi connectivity index (χ2v) is 10.2. The zero-order valence-electron chi connectivity index (χ0n) is 20.0. The lowest BCUT2D eigenvalue weighted by atomic mass is 10.1. The third-order valence-corrected chi connectivity index (χ3v) is 6.74. The molecule has 0 aliphatic heterocycles. The van der Waals surface area contributed by atoms with Gasteiger partial charge in [0.25, 0.3) is 0 Å². The van der Waals surface area contributed by atoms with Crippen LogP contribution in [0.1, 0.15) is 32.3 Å². The molecule has 0 fully saturated rings. The molecule has 2 rings (SSSR count). The van der Waals surface area contributed by atoms with Crippen molar-refractivity contribution >= 4 is 39.1 Å². The van der Waals surface area contributed by atoms with Gasteiger partial charge >= 0.3 is 0 Å². The molecule has 0 unspecified atom stereocenters. The number of nitrogens with one attached hydrogen (secondary N) is 1. The van der Waals surface area contributed by atoms with Crippen molar-refractivity contribution in [1.29, 1.82) is 0 Å². The summed E-state index contributed by atoms with van der Waals surface area (Å²) in [4.78, 5) is 27.2. The highest BCUT2D eigenvalue weighted by Gasteiger charge is 2.26. The van der Waals surface area contributed by atoms with Gasteiger partial charge in [-0.05, 0) is 62.2 Å². The average molecular weight is 510 g/mol. The Morgan fingerprint density at radius 3 is 2.24 bits per heavy atom. The van der Waals surface area contributed by atoms with Crippen LogP contribution in [0.15, 0.2) is 48.5 Å². The summed E-state index contributed by atoms with van der Waals surface area (Å²) in [5, 5.41) is 3.25. The maximum Gasteiger partial charge on any atom is 0.242 e. The zero-order chi connectivity index (χ0) is 25.3. The first kappa shape index (κ1) is 27.5. The third-order valence-electron chi connectivity index (χ3n) is 5.30. The second kappa shape index (κ2) is 12.6. The summed E-state index contributed by atoms with van der Waals surface area (Å²) < 4.78 is 31.1. The molecule has 0 saturated carbocycles. The van der Waals surface area contributed by atoms with E-state index in [2.05, 4.69) is 5.32 Å². The summed E-state index contributed by atoms with van der Waals surface area (Å²) in [7, 11) is -1.98. The number of hydrogen-bond donors (Lipinski definition) is 1. The van der Waals surface area contributed by atoms with Crippen molar-refractivity contribution in [3.05, 3.63) is 59.1 Å². The number of carbonyl (C=O) groups excluding carboxylic acids is 2. The molecule has 0 heterocycles. The van der Waals surface area contributed by atoms with Crippen LogP contribution in [0, 0.1) is 0 Å². The summed E-state index contributed by atoms with van der Waals surface area (Å²) in [6.45, 7) is 4.32. The van der Waals surface area contributed by atoms with Crippen molar-refractivity contribution in [2.24, 2.45) is 0 Å². The molecule has 34 heavy (non-hydrogen) atoms. The van der Waals surface area contributed by atoms with Gasteiger partial charge in [0.15, 0.2) is 0 Å². The molecule has 1 atom stereocenters. The summed E-state index contributed by atoms with van der Waals surface area (Å²) in [6, 6.07) is 13.1. The van der Waals surface area contributed by atoms with Crippen LogP contribution in [0.2, 0.25) is 5.02 Å². The highest BCUT2D eigenvalue weighted by atomic mass is 35.5. The van der Waals surface area contributed by atoms with Gasteiger partial charge in [0, 0.05) is 31.1 Å². The van der Waals surface area contributed by atoms with Crippen molar-refractivity contribution in [2.45, 2.75) is 39.3 Å². The normalized spacial score (nSPS) is 12.0. The maximum absolute atomic E-state index is 13.2. The molecule has 0 radical (unpaired) electrons. The van der Waals surface area contributed by atoms with E-state index in [9.17, 15) is 18.0 Å². The molecule has 2 aromatic rings. The first-order valence-electron chi connectivity index (χ1n) is 11.0. The SMILES string of the molecule is CCNC(=O)[C@H](C)N(Cc1ccc(OC)cc1)C(=O)CCCN(c1ccc(Cl)cc1)S(C)(=O)=O. The van der Waals surface area contributed by atoms with Crippen molar-refractivity contribution in [3.8, 4) is 5.75 Å². The standard InChI is InChI=1S/C24H32ClN3O5S/c1-5-26-24(30)18(2)27(17-19-8-14-22(33-3)15-9-19)23(29)7-6-16-28(34(4,31)32)21-12-10-20(25)11-13-21/h8-15,18H,5-7,16-17H2,1-4H3,(H,26,30)/t18-/m0/s1. The first-order valence-corrected chi connectivity index (χ1v) is 13.2. The van der Waals surface area contributed by atoms with E-state index < -0.39 is 16.1 Å². The molecule has 2 amide bonds. The van der Waals surface area contributed by atoms with Gasteiger partial charge in [-0.2, -0.15) is 0 Å². The van der Waals surface area contributed by atoms with E-state index in [1.54, 1.807) is 50.4 Å². The Morgan fingerprint density at radius 2 is 1.71 bits per heavy atom. The van der Waals surface area contributed by atoms with Crippen LogP contribution < -0.4 is 14.4 Å². The third kappa shape index (κ3) is 7.92. The number of likely N-dealkylation sites (N-methyl/N-ethyl adjacent to an activating group) is 1. The molecule has 10 heteroatoms. The fraction of sp³-hybridized carbons (Fsp3) is 0.417. The Kier molecular flexibility index (Phi) is 10.2. The van der Waals surface area contributed by atoms with E-state index in [0.29, 0.717) is 23.0 Å². The minimum absolute atomic E-state index is 0.0828. The molecule has 2 aromatic carbocycles. The lowest BCUT2D eigenvalue weighted by Gasteiger charge is -2.29. The topological polar surface area (TPSA) is 96.0 Å². The molecule has 0 aliphatic carbocycles. The van der Waals surface area contributed by atoms with Gasteiger partial charge in [-0.25, -0.2) is 8.42 Å². The van der Waals surface area contributed by atoms with Crippen molar-refractivity contribution in [3.63, 3.8) is 0 Å². The largest absolute Gasteiger partial charge is 0.497 e. The van der Waals surface area contributed by atoms with E-state index in [0.717, 1.165) is 11.8 Å². The number of methoxy groups -OCH3 is 1. The number of anilines is 1. The van der Waals surface area contributed by atoms with Gasteiger partial charge in [0.1, 0.15) is 11.8 Å². The van der Waals surface area contributed by atoms with Crippen molar-refractivity contribution in [1.82, 2.24) is 10.2 Å². The highest BCUT2D eigenvalue weighted by molar-refractivity contribution is 7.92. The van der Waals surface area contributed by atoms with E-state index >= 15 is 0 Å². The molecule has 0 spiro atoms. The van der Waals surface area contributed by atoms with Crippen LogP contribution >= 0.6 is 11.6 Å². The van der Waals surface area contributed by atoms with E-state index in [-0.39, 0.29) is 37.7 Å². The molecule has 1 N–H and O–H groups in total. The molecular weight excluding hydrogens is 478 g/mol. The number of ether oxygens (including phenoxy) is 1. The molecule has 0 saturated heterocycles. The van der Waals surface area contributed by atoms with Crippen LogP contribution in [-0.4, -0.2) is 57.6 Å². The zero-order valence-corrected chi connectivity index (χ0v) is 21.5. The minimum atomic E-state index is -3.55. The van der Waals surface area contributed by atoms with Crippen LogP contribution in [0.25, 0.3) is 0 Å². The van der Waals surface area contributed by atoms with Crippen LogP contribution in [-0.2, 0) is 26.2 Å². The molecule has 0 aromatic heterocycles. The van der Waals surface area contributed by atoms with Gasteiger partial charge in [0.2, 0.25) is 21.8 Å². The molecule has 0 bridgehead atoms. The Balaban J connectivity index is 2.14. The fourth-order valence-corrected chi connectivity index (χ4v) is 4.53. The Hall–Kier alpha value is -2.78. The lowest BCUT2D eigenvalue weighted by molar-refractivity contribution is -0.140. The Morgan fingerprint density at radius 1 is 1.09 bits per heavy atom. The summed E-state index contributed by atoms with van der Waals surface area (Å²) >= 11 is 5.91. The van der Waals surface area contributed by atoms with Gasteiger partial charge < -0.3 is 15.0 Å². The molecule has 186 valence electrons. The number of rotatable bonds is 12. The van der Waals surface area contributed by atoms with Gasteiger partial charge in [0.05, 0.1) is 19.1 Å². The molecular formula is C24H32ClN3O5S. The van der Waals surface area contributed by atoms with E-state index in [1.807, 2.05) is 19.1 Å². The lowest BCUT2D eigenvalue weighted by Crippen LogP contribution is -2.47. The number of sulfonamides is 1. The van der Waals surface area contributed by atoms with Gasteiger partial charge in [-0.3, -0.25) is 13.9 Å². The second-order valence-electron chi connectivity index (χ2n) is 7.86. The number of halogens is 1. The maximum atomic E-state index is 13.2. The number of amides is 2. The predicted octanol–water partition coefficient (Wildman–Crippen LogP) is 3.45. The van der Waals surface area contributed by atoms with E-state index in [1.165, 1.54) is 9.21 Å². The van der Waals surface area contributed by atoms with Crippen molar-refractivity contribution < 1.29 is 22.7 Å². The molecule has 8 nitrogen and oxygen atoms in total. The number of benzene rings is 2. The van der Waals surface area contributed by atoms with Crippen LogP contribution in [0.3, 0.4) is 0 Å². The number of nitrogens with zero attached hydrogens (tertiary/aromatic N) is 2. The summed E-state index contributed by atoms with van der Waals surface area (Å²) in [6.07, 6.45) is 1.49. The summed E-state index contributed by atoms with van der Waals surface area (Å²) in [5.74, 6) is 0.212. The first-order chi connectivity index (χ1) is 16.1. The minimum Gasteiger partial charge on any atom is -0.497 e. The van der Waals surface area contributed by atoms with E-state index in [4.69, 9.17) is 16.3 Å². The summed E-state index contributed by atoms with van der Waals surface area (Å²) in [5.41, 5.74) is 1.33. The quantitative estimate of drug-likeness (QED) is 0.472.